The molecule has 56 heavy (non-hydrogen) atoms. The smallest absolute Gasteiger partial charge is 0.175 e. The number of benzene rings is 2. The summed E-state index contributed by atoms with van der Waals surface area (Å²) >= 11 is 6.31. The number of nitrogen functional groups attached to an aromatic ring is 1. The Morgan fingerprint density at radius 2 is 1.39 bits per heavy atom. The third-order valence-electron chi connectivity index (χ3n) is 8.60. The highest BCUT2D eigenvalue weighted by Crippen LogP contribution is 2.39. The molecule has 6 aromatic heterocycles. The van der Waals surface area contributed by atoms with Gasteiger partial charge in [0.2, 0.25) is 0 Å². The monoisotopic (exact) mass is 826 g/mol. The van der Waals surface area contributed by atoms with Gasteiger partial charge >= 0.3 is 0 Å². The molecule has 0 aliphatic carbocycles. The van der Waals surface area contributed by atoms with Crippen molar-refractivity contribution in [2.24, 2.45) is 0 Å². The van der Waals surface area contributed by atoms with E-state index in [1.54, 1.807) is 57.4 Å². The summed E-state index contributed by atoms with van der Waals surface area (Å²) in [5.74, 6) is 3.36. The molecule has 0 spiro atoms. The number of aromatic nitrogens is 8. The second-order valence-electron chi connectivity index (χ2n) is 12.0. The van der Waals surface area contributed by atoms with E-state index < -0.39 is 0 Å². The Morgan fingerprint density at radius 1 is 0.750 bits per heavy atom. The molecule has 8 rings (SSSR count). The van der Waals surface area contributed by atoms with E-state index >= 15 is 0 Å². The predicted octanol–water partition coefficient (Wildman–Crippen LogP) is 7.59. The number of hydrogen-bond acceptors (Lipinski definition) is 15. The van der Waals surface area contributed by atoms with Crippen molar-refractivity contribution in [1.82, 2.24) is 39.0 Å². The summed E-state index contributed by atoms with van der Waals surface area (Å²) in [5.41, 5.74) is 11.5. The van der Waals surface area contributed by atoms with Crippen LogP contribution in [0.4, 0.5) is 5.82 Å². The SMILES string of the molecule is COc1ccc(OC)c(Sc2nc3c(N)ncnc3n2CCc2ccsc2)c1.COc1ccc(OC)c(Sc2nc3c([nH]2)c(=N)ncn3CCc2ccsc2)c1. The van der Waals surface area contributed by atoms with Gasteiger partial charge < -0.3 is 38.8 Å². The van der Waals surface area contributed by atoms with Crippen molar-refractivity contribution in [3.8, 4) is 23.0 Å². The fraction of sp³-hybridized carbons (Fsp3) is 0.211. The molecule has 288 valence electrons. The molecule has 0 radical (unpaired) electrons. The van der Waals surface area contributed by atoms with E-state index in [0.717, 1.165) is 75.2 Å². The summed E-state index contributed by atoms with van der Waals surface area (Å²) in [5, 5.41) is 18.0. The lowest BCUT2D eigenvalue weighted by atomic mass is 10.2. The lowest BCUT2D eigenvalue weighted by molar-refractivity contribution is 0.394. The number of nitrogens with zero attached hydrogens (tertiary/aromatic N) is 7. The maximum Gasteiger partial charge on any atom is 0.175 e. The Morgan fingerprint density at radius 3 is 2.00 bits per heavy atom. The van der Waals surface area contributed by atoms with Gasteiger partial charge in [0.1, 0.15) is 34.8 Å². The molecule has 14 nitrogen and oxygen atoms in total. The largest absolute Gasteiger partial charge is 0.497 e. The molecular weight excluding hydrogens is 789 g/mol. The number of hydrogen-bond donors (Lipinski definition) is 3. The van der Waals surface area contributed by atoms with Gasteiger partial charge in [-0.25, -0.2) is 24.9 Å². The van der Waals surface area contributed by atoms with Crippen LogP contribution in [0, 0.1) is 5.41 Å². The fourth-order valence-electron chi connectivity index (χ4n) is 5.68. The fourth-order valence-corrected chi connectivity index (χ4v) is 9.05. The summed E-state index contributed by atoms with van der Waals surface area (Å²) in [6.07, 6.45) is 4.92. The molecule has 4 N–H and O–H groups in total. The molecule has 0 unspecified atom stereocenters. The first-order valence-electron chi connectivity index (χ1n) is 17.2. The lowest BCUT2D eigenvalue weighted by Crippen LogP contribution is -2.13. The van der Waals surface area contributed by atoms with Crippen LogP contribution < -0.4 is 30.2 Å². The van der Waals surface area contributed by atoms with Crippen LogP contribution in [0.25, 0.3) is 22.3 Å². The van der Waals surface area contributed by atoms with Gasteiger partial charge in [0, 0.05) is 13.1 Å². The topological polar surface area (TPSA) is 177 Å². The van der Waals surface area contributed by atoms with Crippen LogP contribution in [0.1, 0.15) is 11.1 Å². The lowest BCUT2D eigenvalue weighted by Gasteiger charge is -2.11. The van der Waals surface area contributed by atoms with Crippen molar-refractivity contribution in [3.63, 3.8) is 0 Å². The second-order valence-corrected chi connectivity index (χ2v) is 15.6. The number of aryl methyl sites for hydroxylation is 4. The standard InChI is InChI=1S/2C19H19N5O2S2/c1-25-13-3-4-14(26-2)15(9-13)28-19-22-16-17(20)21-11-24(18(16)23-19)7-5-12-6-8-27-10-12;1-25-13-3-4-14(26-2)15(9-13)28-19-23-16-17(20)21-11-22-18(16)24(19)7-5-12-6-8-27-10-12/h3-4,6,8-11,20H,5,7H2,1-2H3,(H,22,23);3-4,6,8-11H,5,7H2,1-2H3,(H2,20,21,22). The summed E-state index contributed by atoms with van der Waals surface area (Å²) in [4.78, 5) is 27.1. The number of ether oxygens (including phenoxy) is 4. The molecule has 6 heterocycles. The molecule has 0 bridgehead atoms. The van der Waals surface area contributed by atoms with Crippen LogP contribution in [0.3, 0.4) is 0 Å². The van der Waals surface area contributed by atoms with E-state index in [2.05, 4.69) is 58.2 Å². The zero-order valence-electron chi connectivity index (χ0n) is 30.9. The first-order valence-corrected chi connectivity index (χ1v) is 20.7. The molecule has 0 aliphatic heterocycles. The zero-order valence-corrected chi connectivity index (χ0v) is 34.2. The predicted molar refractivity (Wildman–Crippen MR) is 221 cm³/mol. The first kappa shape index (κ1) is 38.7. The van der Waals surface area contributed by atoms with Crippen molar-refractivity contribution in [1.29, 1.82) is 5.41 Å². The number of imidazole rings is 2. The average Bonchev–Trinajstić information content (AvgIpc) is 4.06. The Bertz CT molecular complexity index is 2610. The van der Waals surface area contributed by atoms with E-state index in [1.165, 1.54) is 41.0 Å². The van der Waals surface area contributed by atoms with Gasteiger partial charge in [-0.1, -0.05) is 0 Å². The highest BCUT2D eigenvalue weighted by Gasteiger charge is 2.19. The minimum Gasteiger partial charge on any atom is -0.497 e. The summed E-state index contributed by atoms with van der Waals surface area (Å²) in [6, 6.07) is 15.6. The number of aromatic amines is 1. The highest BCUT2D eigenvalue weighted by atomic mass is 32.2. The normalized spacial score (nSPS) is 11.1. The van der Waals surface area contributed by atoms with Gasteiger partial charge in [-0.15, -0.1) is 0 Å². The number of methoxy groups -OCH3 is 4. The average molecular weight is 827 g/mol. The van der Waals surface area contributed by atoms with Crippen molar-refractivity contribution in [2.75, 3.05) is 34.2 Å². The molecule has 0 fully saturated rings. The third kappa shape index (κ3) is 8.78. The highest BCUT2D eigenvalue weighted by molar-refractivity contribution is 7.99. The van der Waals surface area contributed by atoms with Crippen LogP contribution in [-0.4, -0.2) is 67.5 Å². The van der Waals surface area contributed by atoms with Crippen molar-refractivity contribution in [3.05, 3.63) is 99.3 Å². The molecule has 0 amide bonds. The Kier molecular flexibility index (Phi) is 12.4. The third-order valence-corrected chi connectivity index (χ3v) is 12.0. The number of rotatable bonds is 14. The quantitative estimate of drug-likeness (QED) is 0.0981. The number of H-pyrrole nitrogens is 1. The van der Waals surface area contributed by atoms with Crippen LogP contribution in [-0.2, 0) is 25.9 Å². The van der Waals surface area contributed by atoms with E-state index in [1.807, 2.05) is 41.0 Å². The maximum absolute atomic E-state index is 8.12. The molecule has 2 aromatic carbocycles. The Balaban J connectivity index is 0.000000172. The summed E-state index contributed by atoms with van der Waals surface area (Å²) in [7, 11) is 6.55. The van der Waals surface area contributed by atoms with Crippen molar-refractivity contribution in [2.45, 2.75) is 46.0 Å². The van der Waals surface area contributed by atoms with Gasteiger partial charge in [-0.2, -0.15) is 22.7 Å². The first-order chi connectivity index (χ1) is 27.4. The number of thiophene rings is 2. The van der Waals surface area contributed by atoms with Crippen LogP contribution in [0.5, 0.6) is 23.0 Å². The van der Waals surface area contributed by atoms with Crippen molar-refractivity contribution < 1.29 is 18.9 Å². The maximum atomic E-state index is 8.12. The van der Waals surface area contributed by atoms with E-state index in [-0.39, 0.29) is 5.49 Å². The van der Waals surface area contributed by atoms with Gasteiger partial charge in [-0.05, 0) is 118 Å². The zero-order chi connectivity index (χ0) is 39.0. The van der Waals surface area contributed by atoms with E-state index in [9.17, 15) is 0 Å². The van der Waals surface area contributed by atoms with Crippen molar-refractivity contribution >= 4 is 74.3 Å². The second kappa shape index (κ2) is 17.9. The van der Waals surface area contributed by atoms with Gasteiger partial charge in [0.15, 0.2) is 38.4 Å². The van der Waals surface area contributed by atoms with E-state index in [0.29, 0.717) is 22.0 Å². The van der Waals surface area contributed by atoms with Crippen LogP contribution >= 0.6 is 46.2 Å². The minimum atomic E-state index is 0.179. The summed E-state index contributed by atoms with van der Waals surface area (Å²) in [6.45, 7) is 1.48. The number of nitrogens with two attached hydrogens (primary N) is 1. The van der Waals surface area contributed by atoms with E-state index in [4.69, 9.17) is 40.1 Å². The minimum absolute atomic E-state index is 0.179. The number of anilines is 1. The molecule has 0 atom stereocenters. The molecule has 18 heteroatoms. The molecule has 0 saturated heterocycles. The number of fused-ring (bicyclic) bond motifs is 2. The molecule has 8 aromatic rings. The molecule has 0 saturated carbocycles. The van der Waals surface area contributed by atoms with Gasteiger partial charge in [-0.3, -0.25) is 5.41 Å². The van der Waals surface area contributed by atoms with Gasteiger partial charge in [0.05, 0.1) is 44.6 Å². The number of nitrogens with one attached hydrogen (secondary N) is 2. The molecular formula is C38H38N10O4S4. The summed E-state index contributed by atoms with van der Waals surface area (Å²) < 4.78 is 25.7. The van der Waals surface area contributed by atoms with Crippen LogP contribution in [0.15, 0.2) is 103 Å². The molecule has 0 aliphatic rings. The Hall–Kier alpha value is -5.56. The van der Waals surface area contributed by atoms with Gasteiger partial charge in [0.25, 0.3) is 0 Å². The van der Waals surface area contributed by atoms with Crippen LogP contribution in [0.2, 0.25) is 0 Å². The Labute approximate surface area is 338 Å².